The Morgan fingerprint density at radius 1 is 0.765 bits per heavy atom. The van der Waals surface area contributed by atoms with Gasteiger partial charge in [-0.1, -0.05) is 20.8 Å². The zero-order valence-corrected chi connectivity index (χ0v) is 24.8. The lowest BCUT2D eigenvalue weighted by molar-refractivity contribution is 0.0418. The number of hydrogen-bond acceptors (Lipinski definition) is 9. The molecule has 1 heterocycles. The van der Waals surface area contributed by atoms with E-state index < -0.39 is 18.8 Å². The lowest BCUT2D eigenvalue weighted by atomic mass is 9.96. The monoisotopic (exact) mass is 524 g/mol. The Kier molecular flexibility index (Phi) is 13.3. The van der Waals surface area contributed by atoms with Crippen LogP contribution in [0.15, 0.2) is 0 Å². The van der Waals surface area contributed by atoms with E-state index in [9.17, 15) is 9.13 Å². The predicted molar refractivity (Wildman–Crippen MR) is 140 cm³/mol. The van der Waals surface area contributed by atoms with Crippen molar-refractivity contribution >= 4 is 16.3 Å². The third-order valence-corrected chi connectivity index (χ3v) is 7.48. The lowest BCUT2D eigenvalue weighted by Gasteiger charge is -2.37. The van der Waals surface area contributed by atoms with Crippen LogP contribution in [0.3, 0.4) is 0 Å². The first-order chi connectivity index (χ1) is 15.5. The molecule has 0 saturated carbocycles. The molecule has 0 aromatic heterocycles. The summed E-state index contributed by atoms with van der Waals surface area (Å²) in [7, 11) is -3.66. The molecule has 34 heavy (non-hydrogen) atoms. The van der Waals surface area contributed by atoms with E-state index in [1.807, 2.05) is 41.5 Å². The highest BCUT2D eigenvalue weighted by molar-refractivity contribution is 7.53. The molecular formula is C23H50N4O5P2. The third kappa shape index (κ3) is 15.9. The second kappa shape index (κ2) is 14.1. The minimum atomic E-state index is -3.37. The first-order valence-electron chi connectivity index (χ1n) is 12.3. The van der Waals surface area contributed by atoms with E-state index >= 15 is 0 Å². The summed E-state index contributed by atoms with van der Waals surface area (Å²) in [6.07, 6.45) is 0.259. The fourth-order valence-electron chi connectivity index (χ4n) is 3.86. The standard InChI is InChI=1S/C23H50N4O5P2/c1-21(2,3)18-25-14-16-26(19-30-33-28)12-10-24-11-13-27(17-15-25)20-34(29,31-22(4,5)6)32-23(7,8)9/h24H,10-20H2,1-9H3. The van der Waals surface area contributed by atoms with Crippen LogP contribution >= 0.6 is 16.3 Å². The molecule has 0 bridgehead atoms. The van der Waals surface area contributed by atoms with Crippen molar-refractivity contribution < 1.29 is 22.7 Å². The van der Waals surface area contributed by atoms with Gasteiger partial charge < -0.3 is 19.3 Å². The van der Waals surface area contributed by atoms with E-state index in [4.69, 9.17) is 13.6 Å². The van der Waals surface area contributed by atoms with Crippen molar-refractivity contribution in [2.24, 2.45) is 5.41 Å². The Hall–Kier alpha value is 0.0500. The molecule has 202 valence electrons. The van der Waals surface area contributed by atoms with Crippen molar-refractivity contribution in [2.75, 3.05) is 71.9 Å². The van der Waals surface area contributed by atoms with Crippen LogP contribution in [0.4, 0.5) is 0 Å². The van der Waals surface area contributed by atoms with Gasteiger partial charge in [0, 0.05) is 58.9 Å². The van der Waals surface area contributed by atoms with Gasteiger partial charge in [-0.05, 0) is 47.0 Å². The second-order valence-corrected chi connectivity index (χ2v) is 14.6. The quantitative estimate of drug-likeness (QED) is 0.461. The Morgan fingerprint density at radius 2 is 1.24 bits per heavy atom. The van der Waals surface area contributed by atoms with Crippen LogP contribution in [-0.4, -0.2) is 97.8 Å². The molecule has 0 amide bonds. The topological polar surface area (TPSA) is 83.6 Å². The molecular weight excluding hydrogens is 474 g/mol. The van der Waals surface area contributed by atoms with Crippen molar-refractivity contribution in [2.45, 2.75) is 73.5 Å². The number of hydrogen-bond donors (Lipinski definition) is 1. The lowest BCUT2D eigenvalue weighted by Crippen LogP contribution is -2.47. The van der Waals surface area contributed by atoms with E-state index in [2.05, 4.69) is 40.8 Å². The van der Waals surface area contributed by atoms with E-state index in [-0.39, 0.29) is 20.4 Å². The van der Waals surface area contributed by atoms with Crippen molar-refractivity contribution in [1.82, 2.24) is 20.0 Å². The van der Waals surface area contributed by atoms with E-state index in [1.54, 1.807) is 0 Å². The van der Waals surface area contributed by atoms with Gasteiger partial charge in [0.05, 0.1) is 11.2 Å². The largest absolute Gasteiger partial charge is 0.345 e. The van der Waals surface area contributed by atoms with Gasteiger partial charge in [-0.25, -0.2) is 4.57 Å². The maximum atomic E-state index is 13.9. The van der Waals surface area contributed by atoms with Crippen molar-refractivity contribution in [3.05, 3.63) is 0 Å². The van der Waals surface area contributed by atoms with Crippen molar-refractivity contribution in [1.29, 1.82) is 0 Å². The molecule has 0 radical (unpaired) electrons. The minimum absolute atomic E-state index is 0.151. The predicted octanol–water partition coefficient (Wildman–Crippen LogP) is 4.50. The van der Waals surface area contributed by atoms with Gasteiger partial charge in [0.25, 0.3) is 0 Å². The van der Waals surface area contributed by atoms with Crippen LogP contribution in [0.1, 0.15) is 62.3 Å². The SMILES string of the molecule is CC(C)(C)CN1CCN(COP=O)CCNCCN(CP(=O)(OC(C)(C)C)OC(C)(C)C)CC1. The fourth-order valence-corrected chi connectivity index (χ4v) is 6.67. The Balaban J connectivity index is 3.01. The summed E-state index contributed by atoms with van der Waals surface area (Å²) in [5.41, 5.74) is -0.990. The molecule has 9 nitrogen and oxygen atoms in total. The molecule has 1 rings (SSSR count). The van der Waals surface area contributed by atoms with Crippen LogP contribution in [-0.2, 0) is 22.7 Å². The normalized spacial score (nSPS) is 20.3. The van der Waals surface area contributed by atoms with Crippen molar-refractivity contribution in [3.63, 3.8) is 0 Å². The van der Waals surface area contributed by atoms with Gasteiger partial charge in [0.1, 0.15) is 13.0 Å². The summed E-state index contributed by atoms with van der Waals surface area (Å²) in [5, 5.41) is 3.47. The molecule has 1 aliphatic heterocycles. The van der Waals surface area contributed by atoms with Gasteiger partial charge in [-0.2, -0.15) is 0 Å². The molecule has 1 aliphatic rings. The van der Waals surface area contributed by atoms with Gasteiger partial charge in [0.2, 0.25) is 0 Å². The number of nitrogens with one attached hydrogen (secondary N) is 1. The van der Waals surface area contributed by atoms with E-state index in [1.165, 1.54) is 0 Å². The molecule has 0 aromatic carbocycles. The molecule has 1 N–H and O–H groups in total. The van der Waals surface area contributed by atoms with Crippen molar-refractivity contribution in [3.8, 4) is 0 Å². The van der Waals surface area contributed by atoms with Gasteiger partial charge in [-0.3, -0.25) is 18.9 Å². The summed E-state index contributed by atoms with van der Waals surface area (Å²) in [6.45, 7) is 25.9. The van der Waals surface area contributed by atoms with E-state index in [0.717, 1.165) is 58.9 Å². The van der Waals surface area contributed by atoms with Gasteiger partial charge in [0.15, 0.2) is 0 Å². The Labute approximate surface area is 210 Å². The smallest absolute Gasteiger partial charge is 0.314 e. The molecule has 0 spiro atoms. The zero-order valence-electron chi connectivity index (χ0n) is 23.1. The van der Waals surface area contributed by atoms with E-state index in [0.29, 0.717) is 6.73 Å². The second-order valence-electron chi connectivity index (χ2n) is 12.3. The number of nitrogens with zero attached hydrogens (tertiary/aromatic N) is 3. The average Bonchev–Trinajstić information content (AvgIpc) is 2.60. The van der Waals surface area contributed by atoms with Crippen LogP contribution in [0.5, 0.6) is 0 Å². The highest BCUT2D eigenvalue weighted by Gasteiger charge is 2.37. The molecule has 0 unspecified atom stereocenters. The van der Waals surface area contributed by atoms with Gasteiger partial charge in [-0.15, -0.1) is 0 Å². The Morgan fingerprint density at radius 3 is 1.71 bits per heavy atom. The highest BCUT2D eigenvalue weighted by Crippen LogP contribution is 2.54. The molecule has 0 aliphatic carbocycles. The summed E-state index contributed by atoms with van der Waals surface area (Å²) in [4.78, 5) is 6.83. The van der Waals surface area contributed by atoms with Crippen LogP contribution in [0.25, 0.3) is 0 Å². The third-order valence-electron chi connectivity index (χ3n) is 4.86. The molecule has 0 atom stereocenters. The zero-order chi connectivity index (χ0) is 26.0. The highest BCUT2D eigenvalue weighted by atomic mass is 31.2. The van der Waals surface area contributed by atoms with Crippen LogP contribution in [0, 0.1) is 5.41 Å². The summed E-state index contributed by atoms with van der Waals surface area (Å²) < 4.78 is 41.9. The summed E-state index contributed by atoms with van der Waals surface area (Å²) in [6, 6.07) is 0. The summed E-state index contributed by atoms with van der Waals surface area (Å²) in [5.74, 6) is 0. The maximum absolute atomic E-state index is 13.9. The maximum Gasteiger partial charge on any atom is 0.345 e. The first-order valence-corrected chi connectivity index (χ1v) is 14.8. The number of rotatable bonds is 8. The van der Waals surface area contributed by atoms with Crippen LogP contribution in [0.2, 0.25) is 0 Å². The summed E-state index contributed by atoms with van der Waals surface area (Å²) >= 11 is 0. The van der Waals surface area contributed by atoms with Crippen LogP contribution < -0.4 is 5.32 Å². The first kappa shape index (κ1) is 32.1. The fraction of sp³-hybridized carbons (Fsp3) is 1.00. The molecule has 1 fully saturated rings. The molecule has 11 heteroatoms. The van der Waals surface area contributed by atoms with Gasteiger partial charge >= 0.3 is 16.3 Å². The Bertz CT molecular complexity index is 627. The molecule has 0 aromatic rings. The molecule has 1 saturated heterocycles. The average molecular weight is 525 g/mol. The minimum Gasteiger partial charge on any atom is -0.314 e.